The molecule has 2 aromatic rings. The second kappa shape index (κ2) is 10.3. The number of azo groups is 1. The molecule has 27 heavy (non-hydrogen) atoms. The van der Waals surface area contributed by atoms with Crippen LogP contribution in [-0.4, -0.2) is 44.1 Å². The Hall–Kier alpha value is -3.75. The standard InChI is InChI=1S/C12H10N2O2.C6H9NO4/c15-11-7-3-1-5-9(11)13-14-10-6-2-4-8-12(10)16;1-3(5(8)9)7-4(2)6(10)11/h1-8,15-16H;3H,1-2H3,(H,8,9)(H,10,11). The fourth-order valence-electron chi connectivity index (χ4n) is 1.61. The van der Waals surface area contributed by atoms with Crippen molar-refractivity contribution >= 4 is 29.0 Å². The number of carboxylic acid groups (broad SMARTS) is 2. The van der Waals surface area contributed by atoms with Gasteiger partial charge < -0.3 is 20.4 Å². The molecule has 1 unspecified atom stereocenters. The number of phenols is 2. The van der Waals surface area contributed by atoms with Crippen molar-refractivity contribution in [3.05, 3.63) is 48.5 Å². The second-order valence-corrected chi connectivity index (χ2v) is 5.21. The predicted octanol–water partition coefficient (Wildman–Crippen LogP) is 3.52. The molecule has 9 heteroatoms. The zero-order valence-corrected chi connectivity index (χ0v) is 14.6. The van der Waals surface area contributed by atoms with E-state index in [0.717, 1.165) is 0 Å². The van der Waals surface area contributed by atoms with Gasteiger partial charge >= 0.3 is 11.9 Å². The average molecular weight is 373 g/mol. The minimum absolute atomic E-state index is 0.0571. The van der Waals surface area contributed by atoms with Crippen molar-refractivity contribution in [2.45, 2.75) is 19.9 Å². The van der Waals surface area contributed by atoms with Gasteiger partial charge in [0.2, 0.25) is 0 Å². The lowest BCUT2D eigenvalue weighted by Gasteiger charge is -1.98. The smallest absolute Gasteiger partial charge is 0.349 e. The maximum atomic E-state index is 10.2. The summed E-state index contributed by atoms with van der Waals surface area (Å²) in [4.78, 5) is 23.7. The first-order valence-electron chi connectivity index (χ1n) is 7.70. The highest BCUT2D eigenvalue weighted by Crippen LogP contribution is 2.30. The summed E-state index contributed by atoms with van der Waals surface area (Å²) in [5.41, 5.74) is 0.538. The summed E-state index contributed by atoms with van der Waals surface area (Å²) in [6.07, 6.45) is 0. The van der Waals surface area contributed by atoms with Crippen molar-refractivity contribution in [3.63, 3.8) is 0 Å². The number of carbonyl (C=O) groups is 2. The van der Waals surface area contributed by atoms with Crippen molar-refractivity contribution in [1.29, 1.82) is 0 Å². The van der Waals surface area contributed by atoms with Gasteiger partial charge in [0.15, 0.2) is 0 Å². The normalized spacial score (nSPS) is 12.1. The number of nitrogens with zero attached hydrogens (tertiary/aromatic N) is 3. The van der Waals surface area contributed by atoms with Crippen LogP contribution in [0.5, 0.6) is 11.5 Å². The number of phenolic OH excluding ortho intramolecular Hbond substituents is 2. The summed E-state index contributed by atoms with van der Waals surface area (Å²) in [6, 6.07) is 12.2. The number of carboxylic acids is 2. The van der Waals surface area contributed by atoms with Gasteiger partial charge in [0.1, 0.15) is 34.6 Å². The molecule has 0 radical (unpaired) electrons. The maximum absolute atomic E-state index is 10.2. The summed E-state index contributed by atoms with van der Waals surface area (Å²) < 4.78 is 0. The fraction of sp³-hybridized carbons (Fsp3) is 0.167. The lowest BCUT2D eigenvalue weighted by atomic mass is 10.3. The number of rotatable bonds is 5. The predicted molar refractivity (Wildman–Crippen MR) is 98.2 cm³/mol. The molecule has 0 aliphatic rings. The third kappa shape index (κ3) is 7.34. The van der Waals surface area contributed by atoms with Crippen LogP contribution in [0.2, 0.25) is 0 Å². The first-order chi connectivity index (χ1) is 12.7. The molecule has 0 aromatic heterocycles. The van der Waals surface area contributed by atoms with Crippen molar-refractivity contribution in [3.8, 4) is 11.5 Å². The maximum Gasteiger partial charge on any atom is 0.349 e. The van der Waals surface area contributed by atoms with E-state index in [4.69, 9.17) is 10.2 Å². The lowest BCUT2D eigenvalue weighted by molar-refractivity contribution is -0.137. The minimum Gasteiger partial charge on any atom is -0.506 e. The number of para-hydroxylation sites is 2. The topological polar surface area (TPSA) is 152 Å². The summed E-state index contributed by atoms with van der Waals surface area (Å²) in [5, 5.41) is 43.2. The molecular formula is C18H19N3O6. The molecule has 9 nitrogen and oxygen atoms in total. The van der Waals surface area contributed by atoms with E-state index in [2.05, 4.69) is 15.2 Å². The Morgan fingerprint density at radius 2 is 1.26 bits per heavy atom. The molecule has 0 bridgehead atoms. The molecule has 0 amide bonds. The van der Waals surface area contributed by atoms with Gasteiger partial charge in [0, 0.05) is 0 Å². The molecular weight excluding hydrogens is 354 g/mol. The minimum atomic E-state index is -1.20. The number of benzene rings is 2. The van der Waals surface area contributed by atoms with Gasteiger partial charge in [-0.05, 0) is 38.1 Å². The van der Waals surface area contributed by atoms with E-state index >= 15 is 0 Å². The zero-order valence-electron chi connectivity index (χ0n) is 14.6. The van der Waals surface area contributed by atoms with E-state index in [1.165, 1.54) is 26.0 Å². The largest absolute Gasteiger partial charge is 0.506 e. The van der Waals surface area contributed by atoms with Crippen molar-refractivity contribution in [2.24, 2.45) is 15.2 Å². The molecule has 0 spiro atoms. The Labute approximate surface area is 155 Å². The lowest BCUT2D eigenvalue weighted by Crippen LogP contribution is -2.18. The molecule has 0 saturated heterocycles. The molecule has 0 fully saturated rings. The van der Waals surface area contributed by atoms with Crippen LogP contribution in [0.3, 0.4) is 0 Å². The van der Waals surface area contributed by atoms with Gasteiger partial charge in [-0.15, -0.1) is 10.2 Å². The van der Waals surface area contributed by atoms with Crippen LogP contribution < -0.4 is 0 Å². The van der Waals surface area contributed by atoms with Gasteiger partial charge in [-0.25, -0.2) is 9.59 Å². The van der Waals surface area contributed by atoms with E-state index in [1.54, 1.807) is 36.4 Å². The molecule has 2 rings (SSSR count). The van der Waals surface area contributed by atoms with E-state index < -0.39 is 18.0 Å². The van der Waals surface area contributed by atoms with Gasteiger partial charge in [-0.3, -0.25) is 4.99 Å². The number of aromatic hydroxyl groups is 2. The number of aliphatic carboxylic acids is 2. The van der Waals surface area contributed by atoms with E-state index in [1.807, 2.05) is 0 Å². The van der Waals surface area contributed by atoms with Gasteiger partial charge in [0.05, 0.1) is 0 Å². The molecule has 0 aliphatic heterocycles. The SMILES string of the molecule is CC(=NC(C)C(=O)O)C(=O)O.Oc1ccccc1N=Nc1ccccc1O. The summed E-state index contributed by atoms with van der Waals surface area (Å²) in [6.45, 7) is 2.57. The monoisotopic (exact) mass is 373 g/mol. The molecule has 0 aliphatic carbocycles. The van der Waals surface area contributed by atoms with Crippen molar-refractivity contribution < 1.29 is 30.0 Å². The second-order valence-electron chi connectivity index (χ2n) is 5.21. The third-order valence-corrected chi connectivity index (χ3v) is 3.08. The zero-order chi connectivity index (χ0) is 20.4. The highest BCUT2D eigenvalue weighted by Gasteiger charge is 2.11. The van der Waals surface area contributed by atoms with Crippen LogP contribution in [-0.2, 0) is 9.59 Å². The molecule has 1 atom stereocenters. The Morgan fingerprint density at radius 1 is 0.852 bits per heavy atom. The Bertz CT molecular complexity index is 816. The van der Waals surface area contributed by atoms with Crippen LogP contribution in [0.15, 0.2) is 63.8 Å². The van der Waals surface area contributed by atoms with Crippen LogP contribution in [0.25, 0.3) is 0 Å². The van der Waals surface area contributed by atoms with E-state index in [0.29, 0.717) is 11.4 Å². The number of hydrogen-bond donors (Lipinski definition) is 4. The molecule has 0 heterocycles. The summed E-state index contributed by atoms with van der Waals surface area (Å²) in [5.74, 6) is -2.22. The van der Waals surface area contributed by atoms with Crippen LogP contribution in [0.4, 0.5) is 11.4 Å². The van der Waals surface area contributed by atoms with Gasteiger partial charge in [-0.1, -0.05) is 24.3 Å². The van der Waals surface area contributed by atoms with E-state index in [9.17, 15) is 19.8 Å². The first kappa shape index (κ1) is 21.3. The van der Waals surface area contributed by atoms with Crippen molar-refractivity contribution in [1.82, 2.24) is 0 Å². The first-order valence-corrected chi connectivity index (χ1v) is 7.70. The Kier molecular flexibility index (Phi) is 8.11. The quantitative estimate of drug-likeness (QED) is 0.465. The van der Waals surface area contributed by atoms with Crippen LogP contribution in [0.1, 0.15) is 13.8 Å². The molecule has 142 valence electrons. The summed E-state index contributed by atoms with van der Waals surface area (Å²) in [7, 11) is 0. The van der Waals surface area contributed by atoms with Crippen molar-refractivity contribution in [2.75, 3.05) is 0 Å². The van der Waals surface area contributed by atoms with Crippen LogP contribution >= 0.6 is 0 Å². The fourth-order valence-corrected chi connectivity index (χ4v) is 1.61. The van der Waals surface area contributed by atoms with Gasteiger partial charge in [-0.2, -0.15) is 0 Å². The highest BCUT2D eigenvalue weighted by atomic mass is 16.4. The molecule has 2 aromatic carbocycles. The Morgan fingerprint density at radius 3 is 1.59 bits per heavy atom. The number of hydrogen-bond acceptors (Lipinski definition) is 7. The average Bonchev–Trinajstić information content (AvgIpc) is 2.62. The highest BCUT2D eigenvalue weighted by molar-refractivity contribution is 6.34. The molecule has 0 saturated carbocycles. The Balaban J connectivity index is 0.000000293. The number of aliphatic imine (C=N–C) groups is 1. The van der Waals surface area contributed by atoms with E-state index in [-0.39, 0.29) is 17.2 Å². The third-order valence-electron chi connectivity index (χ3n) is 3.08. The van der Waals surface area contributed by atoms with Gasteiger partial charge in [0.25, 0.3) is 0 Å². The molecule has 4 N–H and O–H groups in total. The summed E-state index contributed by atoms with van der Waals surface area (Å²) >= 11 is 0. The van der Waals surface area contributed by atoms with Crippen LogP contribution in [0, 0.1) is 0 Å².